The summed E-state index contributed by atoms with van der Waals surface area (Å²) < 4.78 is 6.17. The van der Waals surface area contributed by atoms with Gasteiger partial charge in [0.1, 0.15) is 18.9 Å². The molecule has 3 rings (SSSR count). The molecule has 1 aliphatic heterocycles. The molecule has 0 saturated heterocycles. The fraction of sp³-hybridized carbons (Fsp3) is 0.520. The lowest BCUT2D eigenvalue weighted by Gasteiger charge is -2.37. The predicted molar refractivity (Wildman–Crippen MR) is 129 cm³/mol. The molecule has 0 radical (unpaired) electrons. The number of nitrogens with zero attached hydrogens (tertiary/aromatic N) is 2. The molecule has 1 aliphatic rings. The molecule has 0 aliphatic carbocycles. The number of rotatable bonds is 9. The zero-order valence-electron chi connectivity index (χ0n) is 19.6. The average Bonchev–Trinajstić information content (AvgIpc) is 3.25. The Hall–Kier alpha value is -2.54. The summed E-state index contributed by atoms with van der Waals surface area (Å²) in [7, 11) is 0. The predicted octanol–water partition coefficient (Wildman–Crippen LogP) is 4.64. The number of urea groups is 1. The molecule has 1 N–H and O–H groups in total. The standard InChI is InChI=1S/C25H35N3O3S/c1-5-12-26-25(30)27(15-18(2)3)16-24(29)28-13-10-23-20(11-14-32-23)21(28)17-31-22-9-7-6-8-19(22)4/h6-9,11,14,18,21H,5,10,12-13,15-17H2,1-4H3,(H,26,30). The number of hydrogen-bond acceptors (Lipinski definition) is 4. The largest absolute Gasteiger partial charge is 0.491 e. The highest BCUT2D eigenvalue weighted by Gasteiger charge is 2.33. The zero-order chi connectivity index (χ0) is 23.1. The molecule has 0 bridgehead atoms. The van der Waals surface area contributed by atoms with Crippen molar-refractivity contribution in [1.29, 1.82) is 0 Å². The Bertz CT molecular complexity index is 911. The third-order valence-electron chi connectivity index (χ3n) is 5.63. The SMILES string of the molecule is CCCNC(=O)N(CC(=O)N1CCc2sccc2C1COc1ccccc1C)CC(C)C. The van der Waals surface area contributed by atoms with Crippen molar-refractivity contribution in [3.8, 4) is 5.75 Å². The number of fused-ring (bicyclic) bond motifs is 1. The normalized spacial score (nSPS) is 15.4. The van der Waals surface area contributed by atoms with E-state index in [4.69, 9.17) is 4.74 Å². The quantitative estimate of drug-likeness (QED) is 0.597. The Labute approximate surface area is 195 Å². The lowest BCUT2D eigenvalue weighted by molar-refractivity contribution is -0.135. The van der Waals surface area contributed by atoms with Crippen molar-refractivity contribution in [1.82, 2.24) is 15.1 Å². The first kappa shape index (κ1) is 24.1. The molecule has 0 spiro atoms. The van der Waals surface area contributed by atoms with Crippen LogP contribution in [-0.4, -0.2) is 54.5 Å². The minimum atomic E-state index is -0.171. The topological polar surface area (TPSA) is 61.9 Å². The summed E-state index contributed by atoms with van der Waals surface area (Å²) in [6, 6.07) is 9.70. The Morgan fingerprint density at radius 2 is 2.06 bits per heavy atom. The fourth-order valence-electron chi connectivity index (χ4n) is 4.02. The number of benzene rings is 1. The highest BCUT2D eigenvalue weighted by molar-refractivity contribution is 7.10. The molecule has 174 valence electrons. The minimum Gasteiger partial charge on any atom is -0.491 e. The number of para-hydroxylation sites is 1. The molecule has 3 amide bonds. The highest BCUT2D eigenvalue weighted by Crippen LogP contribution is 2.34. The van der Waals surface area contributed by atoms with Crippen molar-refractivity contribution in [3.63, 3.8) is 0 Å². The molecular formula is C25H35N3O3S. The van der Waals surface area contributed by atoms with Crippen molar-refractivity contribution in [2.75, 3.05) is 32.8 Å². The van der Waals surface area contributed by atoms with Crippen molar-refractivity contribution >= 4 is 23.3 Å². The average molecular weight is 458 g/mol. The van der Waals surface area contributed by atoms with Crippen LogP contribution in [0.3, 0.4) is 0 Å². The lowest BCUT2D eigenvalue weighted by atomic mass is 10.00. The van der Waals surface area contributed by atoms with E-state index in [1.165, 1.54) is 4.88 Å². The first-order chi connectivity index (χ1) is 15.4. The second-order valence-electron chi connectivity index (χ2n) is 8.73. The van der Waals surface area contributed by atoms with Gasteiger partial charge in [-0.25, -0.2) is 4.79 Å². The molecule has 1 aromatic heterocycles. The van der Waals surface area contributed by atoms with Crippen LogP contribution in [0.5, 0.6) is 5.75 Å². The summed E-state index contributed by atoms with van der Waals surface area (Å²) in [6.45, 7) is 10.4. The van der Waals surface area contributed by atoms with Crippen LogP contribution < -0.4 is 10.1 Å². The number of hydrogen-bond donors (Lipinski definition) is 1. The van der Waals surface area contributed by atoms with E-state index in [2.05, 4.69) is 30.6 Å². The van der Waals surface area contributed by atoms with Crippen LogP contribution in [0.2, 0.25) is 0 Å². The smallest absolute Gasteiger partial charge is 0.317 e. The zero-order valence-corrected chi connectivity index (χ0v) is 20.4. The Morgan fingerprint density at radius 1 is 1.28 bits per heavy atom. The monoisotopic (exact) mass is 457 g/mol. The second kappa shape index (κ2) is 11.4. The number of carbonyl (C=O) groups excluding carboxylic acids is 2. The van der Waals surface area contributed by atoms with E-state index in [0.29, 0.717) is 26.2 Å². The lowest BCUT2D eigenvalue weighted by Crippen LogP contribution is -2.50. The third-order valence-corrected chi connectivity index (χ3v) is 6.63. The van der Waals surface area contributed by atoms with E-state index in [-0.39, 0.29) is 30.4 Å². The van der Waals surface area contributed by atoms with Gasteiger partial charge in [-0.15, -0.1) is 11.3 Å². The molecule has 2 heterocycles. The summed E-state index contributed by atoms with van der Waals surface area (Å²) in [6.07, 6.45) is 1.70. The summed E-state index contributed by atoms with van der Waals surface area (Å²) in [5, 5.41) is 5.00. The summed E-state index contributed by atoms with van der Waals surface area (Å²) in [4.78, 5) is 31.0. The van der Waals surface area contributed by atoms with E-state index in [1.54, 1.807) is 16.2 Å². The Kier molecular flexibility index (Phi) is 8.56. The number of nitrogens with one attached hydrogen (secondary N) is 1. The van der Waals surface area contributed by atoms with Crippen LogP contribution in [0.1, 0.15) is 49.2 Å². The first-order valence-electron chi connectivity index (χ1n) is 11.5. The highest BCUT2D eigenvalue weighted by atomic mass is 32.1. The van der Waals surface area contributed by atoms with Gasteiger partial charge in [0.2, 0.25) is 5.91 Å². The molecule has 1 atom stereocenters. The van der Waals surface area contributed by atoms with Crippen LogP contribution in [0, 0.1) is 12.8 Å². The summed E-state index contributed by atoms with van der Waals surface area (Å²) in [5.74, 6) is 1.08. The van der Waals surface area contributed by atoms with Crippen LogP contribution in [0.25, 0.3) is 0 Å². The summed E-state index contributed by atoms with van der Waals surface area (Å²) in [5.41, 5.74) is 2.23. The van der Waals surface area contributed by atoms with Gasteiger partial charge < -0.3 is 19.9 Å². The first-order valence-corrected chi connectivity index (χ1v) is 12.4. The Balaban J connectivity index is 1.76. The molecule has 32 heavy (non-hydrogen) atoms. The minimum absolute atomic E-state index is 0.0347. The number of ether oxygens (including phenoxy) is 1. The summed E-state index contributed by atoms with van der Waals surface area (Å²) >= 11 is 1.74. The number of carbonyl (C=O) groups is 2. The van der Waals surface area contributed by atoms with E-state index < -0.39 is 0 Å². The molecular weight excluding hydrogens is 422 g/mol. The maximum Gasteiger partial charge on any atom is 0.317 e. The van der Waals surface area contributed by atoms with Crippen LogP contribution in [0.15, 0.2) is 35.7 Å². The van der Waals surface area contributed by atoms with Gasteiger partial charge in [-0.05, 0) is 54.3 Å². The van der Waals surface area contributed by atoms with Gasteiger partial charge in [-0.1, -0.05) is 39.0 Å². The van der Waals surface area contributed by atoms with Crippen molar-refractivity contribution in [2.24, 2.45) is 5.92 Å². The Morgan fingerprint density at radius 3 is 2.78 bits per heavy atom. The van der Waals surface area contributed by atoms with E-state index in [0.717, 1.165) is 29.7 Å². The molecule has 6 nitrogen and oxygen atoms in total. The van der Waals surface area contributed by atoms with Gasteiger partial charge in [0, 0.05) is 24.5 Å². The van der Waals surface area contributed by atoms with Crippen molar-refractivity contribution in [2.45, 2.75) is 46.6 Å². The number of aryl methyl sites for hydroxylation is 1. The van der Waals surface area contributed by atoms with E-state index in [9.17, 15) is 9.59 Å². The van der Waals surface area contributed by atoms with Gasteiger partial charge in [0.25, 0.3) is 0 Å². The van der Waals surface area contributed by atoms with Gasteiger partial charge in [-0.3, -0.25) is 4.79 Å². The van der Waals surface area contributed by atoms with Gasteiger partial charge in [-0.2, -0.15) is 0 Å². The molecule has 1 unspecified atom stereocenters. The molecule has 1 aromatic carbocycles. The van der Waals surface area contributed by atoms with Crippen LogP contribution >= 0.6 is 11.3 Å². The molecule has 0 saturated carbocycles. The van der Waals surface area contributed by atoms with E-state index >= 15 is 0 Å². The van der Waals surface area contributed by atoms with Crippen LogP contribution in [0.4, 0.5) is 4.79 Å². The van der Waals surface area contributed by atoms with Gasteiger partial charge >= 0.3 is 6.03 Å². The van der Waals surface area contributed by atoms with Crippen molar-refractivity contribution in [3.05, 3.63) is 51.7 Å². The maximum absolute atomic E-state index is 13.4. The van der Waals surface area contributed by atoms with Crippen LogP contribution in [-0.2, 0) is 11.2 Å². The molecule has 2 aromatic rings. The third kappa shape index (κ3) is 6.03. The molecule has 0 fully saturated rings. The number of amides is 3. The second-order valence-corrected chi connectivity index (χ2v) is 9.74. The molecule has 7 heteroatoms. The van der Waals surface area contributed by atoms with E-state index in [1.807, 2.05) is 43.0 Å². The fourth-order valence-corrected chi connectivity index (χ4v) is 4.95. The van der Waals surface area contributed by atoms with Crippen molar-refractivity contribution < 1.29 is 14.3 Å². The van der Waals surface area contributed by atoms with Gasteiger partial charge in [0.05, 0.1) is 6.04 Å². The maximum atomic E-state index is 13.4. The number of thiophene rings is 1. The van der Waals surface area contributed by atoms with Gasteiger partial charge in [0.15, 0.2) is 0 Å².